The largest absolute Gasteiger partial charge is 0.360 e. The minimum Gasteiger partial charge on any atom is -0.360 e. The maximum atomic E-state index is 13.4. The topological polar surface area (TPSA) is 61.1 Å². The highest BCUT2D eigenvalue weighted by molar-refractivity contribution is 6.12. The zero-order valence-corrected chi connectivity index (χ0v) is 15.5. The number of nitrogens with zero attached hydrogens (tertiary/aromatic N) is 3. The summed E-state index contributed by atoms with van der Waals surface area (Å²) in [5.74, 6) is -0.0540. The Kier molecular flexibility index (Phi) is 3.97. The van der Waals surface area contributed by atoms with Gasteiger partial charge in [0.1, 0.15) is 17.9 Å². The van der Waals surface area contributed by atoms with Crippen molar-refractivity contribution in [2.45, 2.75) is 20.0 Å². The number of benzene rings is 2. The third-order valence-electron chi connectivity index (χ3n) is 5.19. The van der Waals surface area contributed by atoms with Crippen LogP contribution in [0.4, 0.5) is 11.4 Å². The summed E-state index contributed by atoms with van der Waals surface area (Å²) in [6, 6.07) is 19.5. The van der Waals surface area contributed by atoms with Crippen molar-refractivity contribution in [3.05, 3.63) is 82.7 Å². The highest BCUT2D eigenvalue weighted by Gasteiger charge is 2.35. The number of nitrogens with one attached hydrogen (secondary N) is 1. The number of carbonyl (C=O) groups is 1. The van der Waals surface area contributed by atoms with Crippen LogP contribution in [0.25, 0.3) is 0 Å². The Bertz CT molecular complexity index is 1090. The lowest BCUT2D eigenvalue weighted by molar-refractivity contribution is 0.0975. The van der Waals surface area contributed by atoms with Crippen LogP contribution in [0.15, 0.2) is 54.6 Å². The second-order valence-electron chi connectivity index (χ2n) is 6.85. The molecule has 4 rings (SSSR count). The summed E-state index contributed by atoms with van der Waals surface area (Å²) in [6.07, 6.45) is -0.387. The zero-order valence-electron chi connectivity index (χ0n) is 15.5. The van der Waals surface area contributed by atoms with E-state index in [9.17, 15) is 10.1 Å². The van der Waals surface area contributed by atoms with Crippen molar-refractivity contribution >= 4 is 17.3 Å². The van der Waals surface area contributed by atoms with Gasteiger partial charge in [0.05, 0.1) is 5.56 Å². The fourth-order valence-corrected chi connectivity index (χ4v) is 3.62. The van der Waals surface area contributed by atoms with E-state index in [1.165, 1.54) is 0 Å². The van der Waals surface area contributed by atoms with Crippen LogP contribution in [0.2, 0.25) is 0 Å². The Morgan fingerprint density at radius 2 is 1.85 bits per heavy atom. The van der Waals surface area contributed by atoms with E-state index in [2.05, 4.69) is 11.4 Å². The normalized spacial score (nSPS) is 15.9. The zero-order chi connectivity index (χ0) is 19.1. The number of nitriles is 1. The van der Waals surface area contributed by atoms with Crippen LogP contribution in [0.3, 0.4) is 0 Å². The number of amides is 1. The molecule has 2 aromatic carbocycles. The quantitative estimate of drug-likeness (QED) is 0.745. The highest BCUT2D eigenvalue weighted by Crippen LogP contribution is 2.38. The number of rotatable bonds is 2. The molecule has 2 heterocycles. The van der Waals surface area contributed by atoms with Gasteiger partial charge in [-0.05, 0) is 49.7 Å². The molecule has 5 nitrogen and oxygen atoms in total. The Balaban J connectivity index is 1.92. The van der Waals surface area contributed by atoms with Gasteiger partial charge in [-0.15, -0.1) is 0 Å². The van der Waals surface area contributed by atoms with Crippen LogP contribution in [-0.4, -0.2) is 10.5 Å². The van der Waals surface area contributed by atoms with Crippen molar-refractivity contribution in [2.75, 3.05) is 10.2 Å². The van der Waals surface area contributed by atoms with E-state index in [-0.39, 0.29) is 12.1 Å². The lowest BCUT2D eigenvalue weighted by Gasteiger charge is -2.38. The molecule has 1 N–H and O–H groups in total. The van der Waals surface area contributed by atoms with Gasteiger partial charge in [-0.1, -0.05) is 24.3 Å². The number of aromatic nitrogens is 1. The van der Waals surface area contributed by atoms with Gasteiger partial charge in [0.25, 0.3) is 5.91 Å². The number of anilines is 2. The van der Waals surface area contributed by atoms with Gasteiger partial charge in [-0.3, -0.25) is 9.69 Å². The number of para-hydroxylation sites is 1. The molecule has 27 heavy (non-hydrogen) atoms. The lowest BCUT2D eigenvalue weighted by Crippen LogP contribution is -2.43. The first kappa shape index (κ1) is 16.9. The number of hydrogen-bond donors (Lipinski definition) is 1. The smallest absolute Gasteiger partial charge is 0.262 e. The monoisotopic (exact) mass is 356 g/mol. The molecule has 1 aromatic heterocycles. The van der Waals surface area contributed by atoms with Crippen molar-refractivity contribution in [1.29, 1.82) is 5.26 Å². The molecule has 1 aliphatic rings. The number of carbonyl (C=O) groups excluding carboxylic acids is 1. The van der Waals surface area contributed by atoms with Crippen molar-refractivity contribution in [2.24, 2.45) is 7.05 Å². The van der Waals surface area contributed by atoms with Gasteiger partial charge >= 0.3 is 0 Å². The van der Waals surface area contributed by atoms with Gasteiger partial charge in [0, 0.05) is 29.7 Å². The molecule has 5 heteroatoms. The summed E-state index contributed by atoms with van der Waals surface area (Å²) < 4.78 is 1.86. The third-order valence-corrected chi connectivity index (χ3v) is 5.19. The van der Waals surface area contributed by atoms with Crippen molar-refractivity contribution in [3.8, 4) is 6.07 Å². The first-order valence-corrected chi connectivity index (χ1v) is 8.83. The summed E-state index contributed by atoms with van der Waals surface area (Å²) in [5.41, 5.74) is 5.80. The van der Waals surface area contributed by atoms with Gasteiger partial charge in [-0.2, -0.15) is 5.26 Å². The minimum atomic E-state index is -0.387. The van der Waals surface area contributed by atoms with Crippen molar-refractivity contribution < 1.29 is 4.79 Å². The summed E-state index contributed by atoms with van der Waals surface area (Å²) in [7, 11) is 1.87. The maximum absolute atomic E-state index is 13.4. The van der Waals surface area contributed by atoms with Crippen LogP contribution < -0.4 is 10.2 Å². The molecule has 0 bridgehead atoms. The predicted octanol–water partition coefficient (Wildman–Crippen LogP) is 4.28. The van der Waals surface area contributed by atoms with Crippen molar-refractivity contribution in [3.63, 3.8) is 0 Å². The SMILES string of the molecule is Cc1cccc(N2C(=O)c3ccccc3N[C@@H]2c2cc(C#N)n(C)c2C)c1. The molecule has 0 radical (unpaired) electrons. The molecular formula is C22H20N4O. The molecular weight excluding hydrogens is 336 g/mol. The van der Waals surface area contributed by atoms with E-state index in [0.29, 0.717) is 11.3 Å². The Labute approximate surface area is 158 Å². The molecule has 0 saturated heterocycles. The molecule has 0 saturated carbocycles. The van der Waals surface area contributed by atoms with Crippen LogP contribution in [-0.2, 0) is 7.05 Å². The van der Waals surface area contributed by atoms with Gasteiger partial charge < -0.3 is 9.88 Å². The van der Waals surface area contributed by atoms with Gasteiger partial charge in [-0.25, -0.2) is 0 Å². The molecule has 3 aromatic rings. The van der Waals surface area contributed by atoms with E-state index in [1.54, 1.807) is 4.90 Å². The molecule has 1 aliphatic heterocycles. The Morgan fingerprint density at radius 1 is 1.07 bits per heavy atom. The summed E-state index contributed by atoms with van der Waals surface area (Å²) in [5, 5.41) is 12.9. The summed E-state index contributed by atoms with van der Waals surface area (Å²) in [4.78, 5) is 15.2. The molecule has 1 amide bonds. The molecule has 1 atom stereocenters. The fraction of sp³-hybridized carbons (Fsp3) is 0.182. The van der Waals surface area contributed by atoms with Crippen LogP contribution in [0.1, 0.15) is 39.0 Å². The van der Waals surface area contributed by atoms with E-state index in [1.807, 2.05) is 80.1 Å². The van der Waals surface area contributed by atoms with E-state index < -0.39 is 0 Å². The summed E-state index contributed by atoms with van der Waals surface area (Å²) in [6.45, 7) is 3.98. The molecule has 0 aliphatic carbocycles. The molecule has 0 unspecified atom stereocenters. The minimum absolute atomic E-state index is 0.0540. The van der Waals surface area contributed by atoms with E-state index in [4.69, 9.17) is 0 Å². The van der Waals surface area contributed by atoms with Crippen LogP contribution in [0, 0.1) is 25.2 Å². The van der Waals surface area contributed by atoms with E-state index in [0.717, 1.165) is 28.2 Å². The van der Waals surface area contributed by atoms with Crippen LogP contribution >= 0.6 is 0 Å². The number of fused-ring (bicyclic) bond motifs is 1. The third kappa shape index (κ3) is 2.67. The van der Waals surface area contributed by atoms with Crippen LogP contribution in [0.5, 0.6) is 0 Å². The first-order valence-electron chi connectivity index (χ1n) is 8.83. The second kappa shape index (κ2) is 6.33. The second-order valence-corrected chi connectivity index (χ2v) is 6.85. The average molecular weight is 356 g/mol. The molecule has 0 spiro atoms. The highest BCUT2D eigenvalue weighted by atomic mass is 16.2. The first-order chi connectivity index (χ1) is 13.0. The maximum Gasteiger partial charge on any atom is 0.262 e. The average Bonchev–Trinajstić information content (AvgIpc) is 2.96. The Morgan fingerprint density at radius 3 is 2.56 bits per heavy atom. The molecule has 134 valence electrons. The number of aryl methyl sites for hydroxylation is 1. The number of hydrogen-bond acceptors (Lipinski definition) is 3. The fourth-order valence-electron chi connectivity index (χ4n) is 3.62. The standard InChI is InChI=1S/C22H20N4O/c1-14-7-6-8-16(11-14)26-21(19-12-17(13-23)25(3)15(19)2)24-20-10-5-4-9-18(20)22(26)27/h4-12,21,24H,1-3H3/t21-/m0/s1. The van der Waals surface area contributed by atoms with Gasteiger partial charge in [0.2, 0.25) is 0 Å². The summed E-state index contributed by atoms with van der Waals surface area (Å²) >= 11 is 0. The predicted molar refractivity (Wildman–Crippen MR) is 106 cm³/mol. The lowest BCUT2D eigenvalue weighted by atomic mass is 10.0. The van der Waals surface area contributed by atoms with Gasteiger partial charge in [0.15, 0.2) is 0 Å². The Hall–Kier alpha value is -3.52. The van der Waals surface area contributed by atoms with Crippen molar-refractivity contribution in [1.82, 2.24) is 4.57 Å². The van der Waals surface area contributed by atoms with E-state index >= 15 is 0 Å². The molecule has 0 fully saturated rings.